The van der Waals surface area contributed by atoms with Crippen molar-refractivity contribution in [1.82, 2.24) is 4.90 Å². The van der Waals surface area contributed by atoms with Crippen LogP contribution >= 0.6 is 0 Å². The van der Waals surface area contributed by atoms with Crippen molar-refractivity contribution in [2.75, 3.05) is 7.11 Å². The van der Waals surface area contributed by atoms with Crippen LogP contribution in [0.15, 0.2) is 30.0 Å². The first-order valence-corrected chi connectivity index (χ1v) is 8.09. The van der Waals surface area contributed by atoms with Gasteiger partial charge in [-0.3, -0.25) is 14.5 Å². The summed E-state index contributed by atoms with van der Waals surface area (Å²) in [4.78, 5) is 26.4. The number of amides is 2. The van der Waals surface area contributed by atoms with Crippen LogP contribution in [-0.2, 0) is 9.59 Å². The molecule has 1 heterocycles. The molecule has 0 radical (unpaired) electrons. The first-order chi connectivity index (χ1) is 11.1. The number of methoxy groups -OCH3 is 1. The smallest absolute Gasteiger partial charge is 0.296 e. The van der Waals surface area contributed by atoms with Crippen LogP contribution in [0, 0.1) is 0 Å². The molecule has 0 unspecified atom stereocenters. The van der Waals surface area contributed by atoms with Gasteiger partial charge in [0.15, 0.2) is 5.76 Å². The van der Waals surface area contributed by atoms with Gasteiger partial charge in [0.25, 0.3) is 11.8 Å². The van der Waals surface area contributed by atoms with Crippen molar-refractivity contribution in [2.24, 2.45) is 0 Å². The highest BCUT2D eigenvalue weighted by molar-refractivity contribution is 6.35. The minimum Gasteiger partial charge on any atom is -0.502 e. The first-order valence-electron chi connectivity index (χ1n) is 8.09. The van der Waals surface area contributed by atoms with Crippen LogP contribution in [0.1, 0.15) is 44.1 Å². The molecule has 2 aliphatic rings. The minimum absolute atomic E-state index is 0.0990. The van der Waals surface area contributed by atoms with Crippen molar-refractivity contribution in [3.63, 3.8) is 0 Å². The molecule has 0 bridgehead atoms. The van der Waals surface area contributed by atoms with Crippen LogP contribution in [0.5, 0.6) is 5.75 Å². The number of rotatable bonds is 3. The third-order valence-corrected chi connectivity index (χ3v) is 4.66. The average Bonchev–Trinajstić information content (AvgIpc) is 2.77. The van der Waals surface area contributed by atoms with E-state index in [4.69, 9.17) is 4.74 Å². The number of aliphatic hydroxyl groups excluding tert-OH is 1. The summed E-state index contributed by atoms with van der Waals surface area (Å²) >= 11 is 0. The molecule has 3 rings (SSSR count). The van der Waals surface area contributed by atoms with Crippen LogP contribution in [0.2, 0.25) is 0 Å². The highest BCUT2D eigenvalue weighted by Crippen LogP contribution is 2.33. The number of carbonyl (C=O) groups is 2. The largest absolute Gasteiger partial charge is 0.502 e. The van der Waals surface area contributed by atoms with Gasteiger partial charge >= 0.3 is 0 Å². The highest BCUT2D eigenvalue weighted by atomic mass is 16.5. The van der Waals surface area contributed by atoms with Crippen LogP contribution in [0.4, 0.5) is 0 Å². The Labute approximate surface area is 135 Å². The molecule has 1 saturated carbocycles. The molecule has 23 heavy (non-hydrogen) atoms. The third kappa shape index (κ3) is 2.83. The lowest BCUT2D eigenvalue weighted by Gasteiger charge is -2.25. The average molecular weight is 315 g/mol. The van der Waals surface area contributed by atoms with E-state index in [0.717, 1.165) is 38.5 Å². The minimum atomic E-state index is -0.562. The topological polar surface area (TPSA) is 66.8 Å². The molecule has 0 saturated heterocycles. The van der Waals surface area contributed by atoms with Gasteiger partial charge in [0.05, 0.1) is 12.7 Å². The molecule has 1 aromatic carbocycles. The lowest BCUT2D eigenvalue weighted by molar-refractivity contribution is -0.141. The fourth-order valence-electron chi connectivity index (χ4n) is 3.40. The maximum absolute atomic E-state index is 12.7. The summed E-state index contributed by atoms with van der Waals surface area (Å²) in [5, 5.41) is 10.2. The number of aliphatic hydroxyl groups is 1. The summed E-state index contributed by atoms with van der Waals surface area (Å²) in [7, 11) is 1.56. The standard InChI is InChI=1S/C18H21NO4/c1-23-14-10-8-12(9-11-14)15-16(20)18(22)19(17(15)21)13-6-4-2-3-5-7-13/h8-11,13,20H,2-7H2,1H3. The zero-order valence-electron chi connectivity index (χ0n) is 13.2. The number of hydrogen-bond donors (Lipinski definition) is 1. The molecule has 1 N–H and O–H groups in total. The van der Waals surface area contributed by atoms with Crippen molar-refractivity contribution in [1.29, 1.82) is 0 Å². The molecule has 122 valence electrons. The third-order valence-electron chi connectivity index (χ3n) is 4.66. The van der Waals surface area contributed by atoms with E-state index in [-0.39, 0.29) is 17.5 Å². The molecule has 5 nitrogen and oxygen atoms in total. The molecule has 1 aliphatic heterocycles. The van der Waals surface area contributed by atoms with E-state index in [0.29, 0.717) is 11.3 Å². The Morgan fingerprint density at radius 1 is 1.00 bits per heavy atom. The van der Waals surface area contributed by atoms with Crippen molar-refractivity contribution in [3.05, 3.63) is 35.6 Å². The maximum Gasteiger partial charge on any atom is 0.296 e. The number of benzene rings is 1. The fourth-order valence-corrected chi connectivity index (χ4v) is 3.40. The Hall–Kier alpha value is -2.30. The Morgan fingerprint density at radius 3 is 2.17 bits per heavy atom. The predicted molar refractivity (Wildman–Crippen MR) is 85.9 cm³/mol. The molecule has 1 fully saturated rings. The molecular formula is C18H21NO4. The molecule has 0 spiro atoms. The second kappa shape index (κ2) is 6.44. The number of nitrogens with zero attached hydrogens (tertiary/aromatic N) is 1. The van der Waals surface area contributed by atoms with Crippen molar-refractivity contribution < 1.29 is 19.4 Å². The zero-order chi connectivity index (χ0) is 16.4. The van der Waals surface area contributed by atoms with Gasteiger partial charge in [0.2, 0.25) is 0 Å². The van der Waals surface area contributed by atoms with Crippen LogP contribution in [-0.4, -0.2) is 35.0 Å². The monoisotopic (exact) mass is 315 g/mol. The summed E-state index contributed by atoms with van der Waals surface area (Å²) in [6, 6.07) is 6.69. The van der Waals surface area contributed by atoms with E-state index in [2.05, 4.69) is 0 Å². The van der Waals surface area contributed by atoms with Crippen molar-refractivity contribution in [2.45, 2.75) is 44.6 Å². The molecule has 1 aromatic rings. The molecular weight excluding hydrogens is 294 g/mol. The molecule has 0 aromatic heterocycles. The number of hydrogen-bond acceptors (Lipinski definition) is 4. The van der Waals surface area contributed by atoms with Crippen molar-refractivity contribution in [3.8, 4) is 5.75 Å². The number of carbonyl (C=O) groups excluding carboxylic acids is 2. The van der Waals surface area contributed by atoms with Gasteiger partial charge in [-0.25, -0.2) is 0 Å². The number of imide groups is 1. The Balaban J connectivity index is 1.89. The summed E-state index contributed by atoms with van der Waals surface area (Å²) in [6.07, 6.45) is 5.94. The van der Waals surface area contributed by atoms with Gasteiger partial charge < -0.3 is 9.84 Å². The maximum atomic E-state index is 12.7. The predicted octanol–water partition coefficient (Wildman–Crippen LogP) is 3.06. The fraction of sp³-hybridized carbons (Fsp3) is 0.444. The van der Waals surface area contributed by atoms with E-state index in [1.165, 1.54) is 4.90 Å². The summed E-state index contributed by atoms with van der Waals surface area (Å²) in [6.45, 7) is 0. The Morgan fingerprint density at radius 2 is 1.61 bits per heavy atom. The zero-order valence-corrected chi connectivity index (χ0v) is 13.2. The Bertz CT molecular complexity index is 639. The summed E-state index contributed by atoms with van der Waals surface area (Å²) in [5.41, 5.74) is 0.639. The SMILES string of the molecule is COc1ccc(C2=C(O)C(=O)N(C3CCCCCC3)C2=O)cc1. The van der Waals surface area contributed by atoms with Gasteiger partial charge in [0.1, 0.15) is 5.75 Å². The van der Waals surface area contributed by atoms with Gasteiger partial charge in [0, 0.05) is 6.04 Å². The van der Waals surface area contributed by atoms with Crippen molar-refractivity contribution >= 4 is 17.4 Å². The van der Waals surface area contributed by atoms with E-state index < -0.39 is 11.7 Å². The van der Waals surface area contributed by atoms with E-state index in [9.17, 15) is 14.7 Å². The van der Waals surface area contributed by atoms with E-state index in [1.807, 2.05) is 0 Å². The van der Waals surface area contributed by atoms with E-state index in [1.54, 1.807) is 31.4 Å². The summed E-state index contributed by atoms with van der Waals surface area (Å²) < 4.78 is 5.10. The normalized spacial score (nSPS) is 20.1. The molecule has 5 heteroatoms. The first kappa shape index (κ1) is 15.6. The molecule has 1 aliphatic carbocycles. The van der Waals surface area contributed by atoms with Gasteiger partial charge in [-0.05, 0) is 30.5 Å². The van der Waals surface area contributed by atoms with Gasteiger partial charge in [-0.15, -0.1) is 0 Å². The Kier molecular flexibility index (Phi) is 4.37. The van der Waals surface area contributed by atoms with Crippen LogP contribution in [0.3, 0.4) is 0 Å². The van der Waals surface area contributed by atoms with Crippen LogP contribution < -0.4 is 4.74 Å². The number of ether oxygens (including phenoxy) is 1. The van der Waals surface area contributed by atoms with Gasteiger partial charge in [-0.1, -0.05) is 37.8 Å². The highest BCUT2D eigenvalue weighted by Gasteiger charge is 2.42. The summed E-state index contributed by atoms with van der Waals surface area (Å²) in [5.74, 6) is -0.729. The lowest BCUT2D eigenvalue weighted by Crippen LogP contribution is -2.40. The second-order valence-corrected chi connectivity index (χ2v) is 6.08. The van der Waals surface area contributed by atoms with E-state index >= 15 is 0 Å². The van der Waals surface area contributed by atoms with Crippen LogP contribution in [0.25, 0.3) is 5.57 Å². The quantitative estimate of drug-likeness (QED) is 0.687. The second-order valence-electron chi connectivity index (χ2n) is 6.08. The van der Waals surface area contributed by atoms with Gasteiger partial charge in [-0.2, -0.15) is 0 Å². The lowest BCUT2D eigenvalue weighted by atomic mass is 10.0. The molecule has 0 atom stereocenters. The molecule has 2 amide bonds.